The molecule has 0 bridgehead atoms. The van der Waals surface area contributed by atoms with Crippen molar-refractivity contribution >= 4 is 24.3 Å². The summed E-state index contributed by atoms with van der Waals surface area (Å²) in [6, 6.07) is 0.108. The molecule has 2 unspecified atom stereocenters. The van der Waals surface area contributed by atoms with Crippen molar-refractivity contribution in [3.05, 3.63) is 0 Å². The molecule has 0 spiro atoms. The van der Waals surface area contributed by atoms with Crippen LogP contribution in [0, 0.1) is 5.92 Å². The summed E-state index contributed by atoms with van der Waals surface area (Å²) in [5.41, 5.74) is 4.79. The second-order valence-corrected chi connectivity index (χ2v) is 5.10. The number of carbonyl (C=O) groups excluding carboxylic acids is 2. The highest BCUT2D eigenvalue weighted by molar-refractivity contribution is 5.88. The number of carbonyl (C=O) groups is 2. The normalized spacial score (nSPS) is 23.1. The van der Waals surface area contributed by atoms with Crippen molar-refractivity contribution in [2.45, 2.75) is 51.6 Å². The van der Waals surface area contributed by atoms with Crippen LogP contribution in [0.4, 0.5) is 0 Å². The lowest BCUT2D eigenvalue weighted by atomic mass is 10.0. The van der Waals surface area contributed by atoms with Crippen LogP contribution in [0.5, 0.6) is 0 Å². The molecule has 3 N–H and O–H groups in total. The first-order valence-corrected chi connectivity index (χ1v) is 6.11. The molecule has 1 aliphatic rings. The van der Waals surface area contributed by atoms with Gasteiger partial charge in [0.05, 0.1) is 6.61 Å². The zero-order valence-electron chi connectivity index (χ0n) is 11.2. The molecule has 6 heteroatoms. The van der Waals surface area contributed by atoms with Gasteiger partial charge in [-0.05, 0) is 40.0 Å². The predicted octanol–water partition coefficient (Wildman–Crippen LogP) is 0.993. The lowest BCUT2D eigenvalue weighted by molar-refractivity contribution is -0.152. The Kier molecular flexibility index (Phi) is 6.63. The van der Waals surface area contributed by atoms with E-state index < -0.39 is 11.5 Å². The summed E-state index contributed by atoms with van der Waals surface area (Å²) in [5, 5.41) is 2.73. The van der Waals surface area contributed by atoms with Gasteiger partial charge in [-0.2, -0.15) is 0 Å². The van der Waals surface area contributed by atoms with E-state index in [0.717, 1.165) is 12.8 Å². The fraction of sp³-hybridized carbons (Fsp3) is 0.833. The molecule has 0 saturated heterocycles. The summed E-state index contributed by atoms with van der Waals surface area (Å²) in [6.07, 6.45) is 2.37. The van der Waals surface area contributed by atoms with Crippen LogP contribution in [0.3, 0.4) is 0 Å². The van der Waals surface area contributed by atoms with Gasteiger partial charge in [-0.15, -0.1) is 12.4 Å². The molecular weight excluding hydrogens is 256 g/mol. The molecule has 1 aliphatic carbocycles. The van der Waals surface area contributed by atoms with Crippen molar-refractivity contribution in [2.24, 2.45) is 11.7 Å². The number of hydrogen-bond acceptors (Lipinski definition) is 4. The van der Waals surface area contributed by atoms with Crippen molar-refractivity contribution in [1.82, 2.24) is 5.32 Å². The highest BCUT2D eigenvalue weighted by atomic mass is 35.5. The van der Waals surface area contributed by atoms with Gasteiger partial charge in [0.15, 0.2) is 0 Å². The summed E-state index contributed by atoms with van der Waals surface area (Å²) in [6.45, 7) is 5.35. The van der Waals surface area contributed by atoms with E-state index in [2.05, 4.69) is 5.32 Å². The van der Waals surface area contributed by atoms with Gasteiger partial charge >= 0.3 is 5.97 Å². The summed E-state index contributed by atoms with van der Waals surface area (Å²) in [7, 11) is 0. The molecule has 5 nitrogen and oxygen atoms in total. The fourth-order valence-corrected chi connectivity index (χ4v) is 2.03. The standard InChI is InChI=1S/C12H22N2O3.ClH/c1-4-17-11(16)12(2,3)14-10(15)8-5-6-9(13)7-8;/h8-9H,4-7,13H2,1-3H3,(H,14,15);1H. The SMILES string of the molecule is CCOC(=O)C(C)(C)NC(=O)C1CCC(N)C1.Cl. The minimum absolute atomic E-state index is 0. The first-order valence-electron chi connectivity index (χ1n) is 6.11. The second kappa shape index (κ2) is 6.95. The van der Waals surface area contributed by atoms with Gasteiger partial charge < -0.3 is 15.8 Å². The van der Waals surface area contributed by atoms with E-state index in [1.165, 1.54) is 0 Å². The lowest BCUT2D eigenvalue weighted by Gasteiger charge is -2.25. The largest absolute Gasteiger partial charge is 0.464 e. The third-order valence-corrected chi connectivity index (χ3v) is 3.07. The maximum absolute atomic E-state index is 11.9. The highest BCUT2D eigenvalue weighted by Gasteiger charge is 2.35. The molecule has 0 aliphatic heterocycles. The second-order valence-electron chi connectivity index (χ2n) is 5.10. The topological polar surface area (TPSA) is 81.4 Å². The van der Waals surface area contributed by atoms with Crippen molar-refractivity contribution in [3.63, 3.8) is 0 Å². The third kappa shape index (κ3) is 4.46. The molecule has 0 aromatic rings. The van der Waals surface area contributed by atoms with Crippen LogP contribution in [0.15, 0.2) is 0 Å². The fourth-order valence-electron chi connectivity index (χ4n) is 2.03. The van der Waals surface area contributed by atoms with Crippen LogP contribution < -0.4 is 11.1 Å². The molecular formula is C12H23ClN2O3. The van der Waals surface area contributed by atoms with Gasteiger partial charge in [-0.1, -0.05) is 0 Å². The van der Waals surface area contributed by atoms with E-state index in [4.69, 9.17) is 10.5 Å². The predicted molar refractivity (Wildman–Crippen MR) is 71.4 cm³/mol. The first kappa shape index (κ1) is 17.2. The summed E-state index contributed by atoms with van der Waals surface area (Å²) < 4.78 is 4.91. The Bertz CT molecular complexity index is 308. The average molecular weight is 279 g/mol. The van der Waals surface area contributed by atoms with Crippen LogP contribution in [-0.2, 0) is 14.3 Å². The molecule has 0 radical (unpaired) electrons. The lowest BCUT2D eigenvalue weighted by Crippen LogP contribution is -2.52. The van der Waals surface area contributed by atoms with Crippen molar-refractivity contribution in [2.75, 3.05) is 6.61 Å². The maximum Gasteiger partial charge on any atom is 0.331 e. The third-order valence-electron chi connectivity index (χ3n) is 3.07. The molecule has 1 fully saturated rings. The maximum atomic E-state index is 11.9. The van der Waals surface area contributed by atoms with E-state index in [1.807, 2.05) is 0 Å². The molecule has 0 aromatic heterocycles. The number of ether oxygens (including phenoxy) is 1. The Morgan fingerprint density at radius 2 is 2.00 bits per heavy atom. The summed E-state index contributed by atoms with van der Waals surface area (Å²) >= 11 is 0. The van der Waals surface area contributed by atoms with Gasteiger partial charge in [-0.25, -0.2) is 4.79 Å². The van der Waals surface area contributed by atoms with Crippen LogP contribution in [0.25, 0.3) is 0 Å². The Hall–Kier alpha value is -0.810. The molecule has 106 valence electrons. The van der Waals surface area contributed by atoms with E-state index in [9.17, 15) is 9.59 Å². The minimum atomic E-state index is -0.972. The number of rotatable bonds is 4. The number of halogens is 1. The molecule has 0 aromatic carbocycles. The van der Waals surface area contributed by atoms with E-state index in [-0.39, 0.29) is 30.3 Å². The van der Waals surface area contributed by atoms with Crippen LogP contribution >= 0.6 is 12.4 Å². The van der Waals surface area contributed by atoms with Crippen LogP contribution in [0.2, 0.25) is 0 Å². The van der Waals surface area contributed by atoms with Gasteiger partial charge in [0, 0.05) is 12.0 Å². The Morgan fingerprint density at radius 1 is 1.39 bits per heavy atom. The molecule has 1 rings (SSSR count). The number of nitrogens with two attached hydrogens (primary N) is 1. The number of esters is 1. The summed E-state index contributed by atoms with van der Waals surface area (Å²) in [4.78, 5) is 23.6. The zero-order chi connectivity index (χ0) is 13.1. The van der Waals surface area contributed by atoms with Gasteiger partial charge in [0.25, 0.3) is 0 Å². The number of nitrogens with one attached hydrogen (secondary N) is 1. The van der Waals surface area contributed by atoms with Crippen molar-refractivity contribution in [1.29, 1.82) is 0 Å². The zero-order valence-corrected chi connectivity index (χ0v) is 12.0. The molecule has 2 atom stereocenters. The van der Waals surface area contributed by atoms with E-state index >= 15 is 0 Å². The van der Waals surface area contributed by atoms with E-state index in [0.29, 0.717) is 13.0 Å². The minimum Gasteiger partial charge on any atom is -0.464 e. The van der Waals surface area contributed by atoms with Crippen molar-refractivity contribution in [3.8, 4) is 0 Å². The monoisotopic (exact) mass is 278 g/mol. The summed E-state index contributed by atoms with van der Waals surface area (Å²) in [5.74, 6) is -0.578. The smallest absolute Gasteiger partial charge is 0.331 e. The molecule has 18 heavy (non-hydrogen) atoms. The van der Waals surface area contributed by atoms with Gasteiger partial charge in [0.1, 0.15) is 5.54 Å². The Morgan fingerprint density at radius 3 is 2.44 bits per heavy atom. The first-order chi connectivity index (χ1) is 7.86. The van der Waals surface area contributed by atoms with Gasteiger partial charge in [-0.3, -0.25) is 4.79 Å². The van der Waals surface area contributed by atoms with Crippen LogP contribution in [-0.4, -0.2) is 30.1 Å². The molecule has 0 heterocycles. The number of amides is 1. The molecule has 1 saturated carbocycles. The Labute approximate surface area is 114 Å². The van der Waals surface area contributed by atoms with Gasteiger partial charge in [0.2, 0.25) is 5.91 Å². The quantitative estimate of drug-likeness (QED) is 0.752. The van der Waals surface area contributed by atoms with Crippen LogP contribution in [0.1, 0.15) is 40.0 Å². The molecule has 1 amide bonds. The highest BCUT2D eigenvalue weighted by Crippen LogP contribution is 2.24. The Balaban J connectivity index is 0.00000289. The average Bonchev–Trinajstić information content (AvgIpc) is 2.64. The van der Waals surface area contributed by atoms with E-state index in [1.54, 1.807) is 20.8 Å². The number of hydrogen-bond donors (Lipinski definition) is 2. The van der Waals surface area contributed by atoms with Crippen molar-refractivity contribution < 1.29 is 14.3 Å².